The van der Waals surface area contributed by atoms with E-state index in [2.05, 4.69) is 11.4 Å². The van der Waals surface area contributed by atoms with Gasteiger partial charge in [0, 0.05) is 12.1 Å². The Hall–Kier alpha value is -1.55. The van der Waals surface area contributed by atoms with E-state index in [9.17, 15) is 4.79 Å². The number of carbonyl (C=O) groups is 1. The summed E-state index contributed by atoms with van der Waals surface area (Å²) in [7, 11) is 1.64. The summed E-state index contributed by atoms with van der Waals surface area (Å²) in [4.78, 5) is 10.6. The first-order chi connectivity index (χ1) is 7.54. The van der Waals surface area contributed by atoms with Gasteiger partial charge in [-0.2, -0.15) is 0 Å². The smallest absolute Gasteiger partial charge is 0.231 e. The number of ether oxygens (including phenoxy) is 1. The minimum atomic E-state index is -0.359. The van der Waals surface area contributed by atoms with Crippen LogP contribution in [0.4, 0.5) is 0 Å². The van der Waals surface area contributed by atoms with Gasteiger partial charge in [-0.25, -0.2) is 0 Å². The second-order valence-electron chi connectivity index (χ2n) is 3.82. The average Bonchev–Trinajstić information content (AvgIpc) is 2.22. The van der Waals surface area contributed by atoms with Gasteiger partial charge >= 0.3 is 0 Å². The van der Waals surface area contributed by atoms with Crippen LogP contribution in [-0.4, -0.2) is 19.6 Å². The van der Waals surface area contributed by atoms with Crippen molar-refractivity contribution in [2.45, 2.75) is 20.4 Å². The summed E-state index contributed by atoms with van der Waals surface area (Å²) < 4.78 is 5.28. The molecular weight excluding hydrogens is 204 g/mol. The molecule has 0 unspecified atom stereocenters. The standard InChI is InChI=1S/C12H18N2O2/c1-8-4-10(6-14-7-12(13)15)11(16-3)5-9(8)2/h4-5,14H,6-7H2,1-3H3,(H2,13,15). The van der Waals surface area contributed by atoms with Gasteiger partial charge in [0.2, 0.25) is 5.91 Å². The Morgan fingerprint density at radius 2 is 2.00 bits per heavy atom. The Balaban J connectivity index is 2.77. The first-order valence-electron chi connectivity index (χ1n) is 5.17. The third-order valence-electron chi connectivity index (χ3n) is 2.51. The van der Waals surface area contributed by atoms with Crippen LogP contribution in [0.15, 0.2) is 12.1 Å². The van der Waals surface area contributed by atoms with E-state index in [1.807, 2.05) is 19.9 Å². The molecule has 0 heterocycles. The van der Waals surface area contributed by atoms with E-state index in [0.717, 1.165) is 11.3 Å². The molecule has 16 heavy (non-hydrogen) atoms. The molecule has 0 atom stereocenters. The molecule has 0 aliphatic rings. The van der Waals surface area contributed by atoms with Crippen LogP contribution in [0.2, 0.25) is 0 Å². The van der Waals surface area contributed by atoms with Crippen LogP contribution >= 0.6 is 0 Å². The van der Waals surface area contributed by atoms with E-state index in [1.165, 1.54) is 11.1 Å². The summed E-state index contributed by atoms with van der Waals surface area (Å²) in [5, 5.41) is 2.97. The van der Waals surface area contributed by atoms with Gasteiger partial charge in [-0.1, -0.05) is 6.07 Å². The van der Waals surface area contributed by atoms with Gasteiger partial charge in [0.25, 0.3) is 0 Å². The van der Waals surface area contributed by atoms with Crippen LogP contribution in [0.25, 0.3) is 0 Å². The highest BCUT2D eigenvalue weighted by molar-refractivity contribution is 5.75. The maximum Gasteiger partial charge on any atom is 0.231 e. The lowest BCUT2D eigenvalue weighted by Crippen LogP contribution is -2.28. The van der Waals surface area contributed by atoms with E-state index in [0.29, 0.717) is 6.54 Å². The number of nitrogens with one attached hydrogen (secondary N) is 1. The Bertz CT molecular complexity index is 389. The normalized spacial score (nSPS) is 10.2. The van der Waals surface area contributed by atoms with Crippen molar-refractivity contribution in [2.75, 3.05) is 13.7 Å². The minimum absolute atomic E-state index is 0.177. The van der Waals surface area contributed by atoms with Gasteiger partial charge in [0.1, 0.15) is 5.75 Å². The highest BCUT2D eigenvalue weighted by Crippen LogP contribution is 2.22. The minimum Gasteiger partial charge on any atom is -0.496 e. The largest absolute Gasteiger partial charge is 0.496 e. The van der Waals surface area contributed by atoms with E-state index in [4.69, 9.17) is 10.5 Å². The first-order valence-corrected chi connectivity index (χ1v) is 5.17. The lowest BCUT2D eigenvalue weighted by Gasteiger charge is -2.12. The predicted molar refractivity (Wildman–Crippen MR) is 63.4 cm³/mol. The Labute approximate surface area is 95.8 Å². The molecule has 0 aliphatic carbocycles. The summed E-state index contributed by atoms with van der Waals surface area (Å²) in [6.45, 7) is 4.84. The lowest BCUT2D eigenvalue weighted by atomic mass is 10.0. The molecule has 1 aromatic rings. The number of primary amides is 1. The summed E-state index contributed by atoms with van der Waals surface area (Å²) in [6.07, 6.45) is 0. The second-order valence-corrected chi connectivity index (χ2v) is 3.82. The maximum absolute atomic E-state index is 10.6. The highest BCUT2D eigenvalue weighted by Gasteiger charge is 2.05. The molecule has 3 N–H and O–H groups in total. The number of benzene rings is 1. The summed E-state index contributed by atoms with van der Waals surface area (Å²) in [5.74, 6) is 0.475. The van der Waals surface area contributed by atoms with Crippen LogP contribution in [0.3, 0.4) is 0 Å². The van der Waals surface area contributed by atoms with E-state index in [1.54, 1.807) is 7.11 Å². The number of methoxy groups -OCH3 is 1. The number of amides is 1. The number of aryl methyl sites for hydroxylation is 2. The Morgan fingerprint density at radius 1 is 1.38 bits per heavy atom. The van der Waals surface area contributed by atoms with Crippen molar-refractivity contribution in [3.63, 3.8) is 0 Å². The summed E-state index contributed by atoms with van der Waals surface area (Å²) in [5.41, 5.74) is 8.48. The zero-order valence-corrected chi connectivity index (χ0v) is 9.96. The molecule has 0 aromatic heterocycles. The highest BCUT2D eigenvalue weighted by atomic mass is 16.5. The van der Waals surface area contributed by atoms with Crippen LogP contribution in [0.1, 0.15) is 16.7 Å². The predicted octanol–water partition coefficient (Wildman–Crippen LogP) is 0.887. The molecule has 0 saturated carbocycles. The van der Waals surface area contributed by atoms with Crippen molar-refractivity contribution < 1.29 is 9.53 Å². The van der Waals surface area contributed by atoms with Gasteiger partial charge in [-0.3, -0.25) is 4.79 Å². The number of carbonyl (C=O) groups excluding carboxylic acids is 1. The summed E-state index contributed by atoms with van der Waals surface area (Å²) in [6, 6.07) is 4.05. The van der Waals surface area contributed by atoms with Crippen LogP contribution in [0.5, 0.6) is 5.75 Å². The molecule has 0 aliphatic heterocycles. The molecule has 1 aromatic carbocycles. The monoisotopic (exact) mass is 222 g/mol. The van der Waals surface area contributed by atoms with Gasteiger partial charge in [-0.05, 0) is 31.0 Å². The van der Waals surface area contributed by atoms with Crippen molar-refractivity contribution in [3.05, 3.63) is 28.8 Å². The molecule has 4 nitrogen and oxygen atoms in total. The molecule has 0 bridgehead atoms. The van der Waals surface area contributed by atoms with Crippen molar-refractivity contribution in [1.82, 2.24) is 5.32 Å². The first kappa shape index (κ1) is 12.5. The molecule has 88 valence electrons. The van der Waals surface area contributed by atoms with Gasteiger partial charge in [-0.15, -0.1) is 0 Å². The van der Waals surface area contributed by atoms with Gasteiger partial charge < -0.3 is 15.8 Å². The SMILES string of the molecule is COc1cc(C)c(C)cc1CNCC(N)=O. The van der Waals surface area contributed by atoms with Crippen LogP contribution < -0.4 is 15.8 Å². The van der Waals surface area contributed by atoms with Crippen LogP contribution in [-0.2, 0) is 11.3 Å². The topological polar surface area (TPSA) is 64.3 Å². The maximum atomic E-state index is 10.6. The lowest BCUT2D eigenvalue weighted by molar-refractivity contribution is -0.117. The second kappa shape index (κ2) is 5.51. The molecule has 1 amide bonds. The van der Waals surface area contributed by atoms with E-state index >= 15 is 0 Å². The fourth-order valence-corrected chi connectivity index (χ4v) is 1.50. The molecule has 0 fully saturated rings. The average molecular weight is 222 g/mol. The fourth-order valence-electron chi connectivity index (χ4n) is 1.50. The summed E-state index contributed by atoms with van der Waals surface area (Å²) >= 11 is 0. The third kappa shape index (κ3) is 3.24. The van der Waals surface area contributed by atoms with Crippen molar-refractivity contribution in [3.8, 4) is 5.75 Å². The molecule has 0 saturated heterocycles. The van der Waals surface area contributed by atoms with E-state index in [-0.39, 0.29) is 12.5 Å². The molecule has 1 rings (SSSR count). The van der Waals surface area contributed by atoms with Gasteiger partial charge in [0.15, 0.2) is 0 Å². The quantitative estimate of drug-likeness (QED) is 0.777. The zero-order valence-electron chi connectivity index (χ0n) is 9.96. The molecule has 4 heteroatoms. The van der Waals surface area contributed by atoms with Crippen molar-refractivity contribution in [2.24, 2.45) is 5.73 Å². The zero-order chi connectivity index (χ0) is 12.1. The number of hydrogen-bond acceptors (Lipinski definition) is 3. The number of hydrogen-bond donors (Lipinski definition) is 2. The van der Waals surface area contributed by atoms with Crippen molar-refractivity contribution in [1.29, 1.82) is 0 Å². The third-order valence-corrected chi connectivity index (χ3v) is 2.51. The molecule has 0 radical (unpaired) electrons. The van der Waals surface area contributed by atoms with Crippen molar-refractivity contribution >= 4 is 5.91 Å². The van der Waals surface area contributed by atoms with E-state index < -0.39 is 0 Å². The Morgan fingerprint density at radius 3 is 2.56 bits per heavy atom. The number of rotatable bonds is 5. The van der Waals surface area contributed by atoms with Crippen LogP contribution in [0, 0.1) is 13.8 Å². The molecular formula is C12H18N2O2. The Kier molecular flexibility index (Phi) is 4.31. The molecule has 0 spiro atoms. The van der Waals surface area contributed by atoms with Gasteiger partial charge in [0.05, 0.1) is 13.7 Å². The number of nitrogens with two attached hydrogens (primary N) is 1. The fraction of sp³-hybridized carbons (Fsp3) is 0.417.